The first kappa shape index (κ1) is 12.6. The Morgan fingerprint density at radius 3 is 2.67 bits per heavy atom. The van der Waals surface area contributed by atoms with Crippen LogP contribution in [-0.2, 0) is 6.42 Å². The van der Waals surface area contributed by atoms with Crippen molar-refractivity contribution in [2.75, 3.05) is 6.26 Å². The van der Waals surface area contributed by atoms with Crippen LogP contribution in [0, 0.1) is 5.82 Å². The summed E-state index contributed by atoms with van der Waals surface area (Å²) in [6.45, 7) is 0. The van der Waals surface area contributed by atoms with Gasteiger partial charge in [-0.15, -0.1) is 0 Å². The van der Waals surface area contributed by atoms with Gasteiger partial charge < -0.3 is 10.1 Å². The number of imidazole rings is 1. The second-order valence-corrected chi connectivity index (χ2v) is 4.48. The summed E-state index contributed by atoms with van der Waals surface area (Å²) in [6.07, 6.45) is 2.20. The number of carboxylic acid groups (broad SMARTS) is 1. The van der Waals surface area contributed by atoms with Gasteiger partial charge in [-0.05, 0) is 24.0 Å². The average molecular weight is 266 g/mol. The standard InChI is InChI=1S/C12H11FN2O2S/c1-18-12-14-9(10(15-12)11(16)17)6-7-2-4-8(13)5-3-7/h2-5H,6H2,1H3,(H,14,15)(H,16,17). The molecule has 0 spiro atoms. The van der Waals surface area contributed by atoms with Gasteiger partial charge in [-0.3, -0.25) is 0 Å². The van der Waals surface area contributed by atoms with Gasteiger partial charge in [-0.1, -0.05) is 23.9 Å². The van der Waals surface area contributed by atoms with Crippen LogP contribution in [0.4, 0.5) is 4.39 Å². The third kappa shape index (κ3) is 2.70. The Morgan fingerprint density at radius 1 is 1.44 bits per heavy atom. The Morgan fingerprint density at radius 2 is 2.11 bits per heavy atom. The van der Waals surface area contributed by atoms with E-state index in [9.17, 15) is 9.18 Å². The van der Waals surface area contributed by atoms with Crippen LogP contribution in [0.3, 0.4) is 0 Å². The SMILES string of the molecule is CSc1nc(C(=O)O)c(Cc2ccc(F)cc2)[nH]1. The molecule has 0 aliphatic heterocycles. The molecule has 94 valence electrons. The van der Waals surface area contributed by atoms with E-state index >= 15 is 0 Å². The zero-order valence-electron chi connectivity index (χ0n) is 9.61. The van der Waals surface area contributed by atoms with Crippen LogP contribution in [-0.4, -0.2) is 27.3 Å². The van der Waals surface area contributed by atoms with Crippen LogP contribution in [0.2, 0.25) is 0 Å². The Balaban J connectivity index is 2.30. The highest BCUT2D eigenvalue weighted by Crippen LogP contribution is 2.17. The Labute approximate surface area is 107 Å². The van der Waals surface area contributed by atoms with Crippen LogP contribution in [0.1, 0.15) is 21.7 Å². The second kappa shape index (κ2) is 5.22. The Kier molecular flexibility index (Phi) is 3.66. The van der Waals surface area contributed by atoms with Crippen LogP contribution < -0.4 is 0 Å². The number of nitrogens with one attached hydrogen (secondary N) is 1. The molecule has 0 saturated carbocycles. The number of aromatic amines is 1. The van der Waals surface area contributed by atoms with Crippen molar-refractivity contribution in [3.05, 3.63) is 47.0 Å². The van der Waals surface area contributed by atoms with Gasteiger partial charge in [0.05, 0.1) is 5.69 Å². The third-order valence-electron chi connectivity index (χ3n) is 2.45. The van der Waals surface area contributed by atoms with Crippen molar-refractivity contribution in [1.82, 2.24) is 9.97 Å². The lowest BCUT2D eigenvalue weighted by molar-refractivity contribution is 0.0689. The maximum atomic E-state index is 12.8. The number of hydrogen-bond donors (Lipinski definition) is 2. The zero-order chi connectivity index (χ0) is 13.1. The van der Waals surface area contributed by atoms with E-state index in [1.165, 1.54) is 23.9 Å². The number of rotatable bonds is 4. The molecule has 0 unspecified atom stereocenters. The molecule has 4 nitrogen and oxygen atoms in total. The van der Waals surface area contributed by atoms with Gasteiger partial charge in [-0.25, -0.2) is 14.2 Å². The van der Waals surface area contributed by atoms with Gasteiger partial charge >= 0.3 is 5.97 Å². The molecular formula is C12H11FN2O2S. The highest BCUT2D eigenvalue weighted by Gasteiger charge is 2.16. The predicted molar refractivity (Wildman–Crippen MR) is 66.5 cm³/mol. The van der Waals surface area contributed by atoms with Crippen LogP contribution in [0.5, 0.6) is 0 Å². The Hall–Kier alpha value is -1.82. The normalized spacial score (nSPS) is 10.6. The molecule has 0 fully saturated rings. The molecule has 1 heterocycles. The number of nitrogens with zero attached hydrogens (tertiary/aromatic N) is 1. The van der Waals surface area contributed by atoms with Gasteiger partial charge in [0.1, 0.15) is 5.82 Å². The summed E-state index contributed by atoms with van der Waals surface area (Å²) in [5, 5.41) is 9.60. The first-order chi connectivity index (χ1) is 8.60. The molecule has 6 heteroatoms. The van der Waals surface area contributed by atoms with Gasteiger partial charge in [0.2, 0.25) is 0 Å². The molecule has 1 aromatic carbocycles. The molecule has 2 aromatic rings. The minimum absolute atomic E-state index is 0.0173. The van der Waals surface area contributed by atoms with Crippen molar-refractivity contribution in [2.45, 2.75) is 11.6 Å². The van der Waals surface area contributed by atoms with E-state index < -0.39 is 5.97 Å². The second-order valence-electron chi connectivity index (χ2n) is 3.68. The lowest BCUT2D eigenvalue weighted by Gasteiger charge is -2.00. The van der Waals surface area contributed by atoms with Gasteiger partial charge in [0.15, 0.2) is 10.9 Å². The lowest BCUT2D eigenvalue weighted by Crippen LogP contribution is -2.02. The molecule has 0 amide bonds. The zero-order valence-corrected chi connectivity index (χ0v) is 10.4. The largest absolute Gasteiger partial charge is 0.476 e. The fourth-order valence-corrected chi connectivity index (χ4v) is 2.00. The lowest BCUT2D eigenvalue weighted by atomic mass is 10.1. The monoisotopic (exact) mass is 266 g/mol. The summed E-state index contributed by atoms with van der Waals surface area (Å²) in [4.78, 5) is 18.0. The highest BCUT2D eigenvalue weighted by atomic mass is 32.2. The molecule has 0 atom stereocenters. The van der Waals surface area contributed by atoms with Crippen LogP contribution in [0.15, 0.2) is 29.4 Å². The molecule has 18 heavy (non-hydrogen) atoms. The first-order valence-corrected chi connectivity index (χ1v) is 6.43. The molecule has 2 rings (SSSR count). The van der Waals surface area contributed by atoms with Crippen LogP contribution >= 0.6 is 11.8 Å². The van der Waals surface area contributed by atoms with E-state index in [4.69, 9.17) is 5.11 Å². The molecular weight excluding hydrogens is 255 g/mol. The molecule has 2 N–H and O–H groups in total. The average Bonchev–Trinajstić information content (AvgIpc) is 2.75. The van der Waals surface area contributed by atoms with Crippen molar-refractivity contribution in [1.29, 1.82) is 0 Å². The summed E-state index contributed by atoms with van der Waals surface area (Å²) in [7, 11) is 0. The van der Waals surface area contributed by atoms with Crippen molar-refractivity contribution in [2.24, 2.45) is 0 Å². The fraction of sp³-hybridized carbons (Fsp3) is 0.167. The molecule has 0 aliphatic rings. The number of H-pyrrole nitrogens is 1. The minimum atomic E-state index is -1.07. The summed E-state index contributed by atoms with van der Waals surface area (Å²) in [5.74, 6) is -1.38. The van der Waals surface area contributed by atoms with Crippen molar-refractivity contribution < 1.29 is 14.3 Å². The van der Waals surface area contributed by atoms with E-state index in [0.717, 1.165) is 5.56 Å². The smallest absolute Gasteiger partial charge is 0.356 e. The fourth-order valence-electron chi connectivity index (χ4n) is 1.59. The van der Waals surface area contributed by atoms with Crippen molar-refractivity contribution in [3.63, 3.8) is 0 Å². The minimum Gasteiger partial charge on any atom is -0.476 e. The van der Waals surface area contributed by atoms with Crippen molar-refractivity contribution >= 4 is 17.7 Å². The molecule has 0 bridgehead atoms. The van der Waals surface area contributed by atoms with E-state index in [0.29, 0.717) is 17.3 Å². The van der Waals surface area contributed by atoms with E-state index in [1.54, 1.807) is 12.1 Å². The Bertz CT molecular complexity index is 566. The van der Waals surface area contributed by atoms with Crippen LogP contribution in [0.25, 0.3) is 0 Å². The maximum absolute atomic E-state index is 12.8. The number of carboxylic acids is 1. The first-order valence-electron chi connectivity index (χ1n) is 5.20. The highest BCUT2D eigenvalue weighted by molar-refractivity contribution is 7.98. The quantitative estimate of drug-likeness (QED) is 0.835. The van der Waals surface area contributed by atoms with Crippen molar-refractivity contribution in [3.8, 4) is 0 Å². The topological polar surface area (TPSA) is 66.0 Å². The predicted octanol–water partition coefficient (Wildman–Crippen LogP) is 2.56. The molecule has 0 aliphatic carbocycles. The third-order valence-corrected chi connectivity index (χ3v) is 3.03. The van der Waals surface area contributed by atoms with E-state index in [2.05, 4.69) is 9.97 Å². The number of carbonyl (C=O) groups is 1. The molecule has 0 radical (unpaired) electrons. The summed E-state index contributed by atoms with van der Waals surface area (Å²) in [5.41, 5.74) is 1.37. The number of halogens is 1. The number of aromatic carboxylic acids is 1. The van der Waals surface area contributed by atoms with Gasteiger partial charge in [-0.2, -0.15) is 0 Å². The summed E-state index contributed by atoms with van der Waals surface area (Å²) < 4.78 is 12.8. The van der Waals surface area contributed by atoms with E-state index in [-0.39, 0.29) is 11.5 Å². The summed E-state index contributed by atoms with van der Waals surface area (Å²) in [6, 6.07) is 5.95. The van der Waals surface area contributed by atoms with Gasteiger partial charge in [0, 0.05) is 6.42 Å². The molecule has 0 saturated heterocycles. The number of thioether (sulfide) groups is 1. The number of benzene rings is 1. The number of hydrogen-bond acceptors (Lipinski definition) is 3. The number of aromatic nitrogens is 2. The molecule has 1 aromatic heterocycles. The summed E-state index contributed by atoms with van der Waals surface area (Å²) >= 11 is 1.34. The van der Waals surface area contributed by atoms with Gasteiger partial charge in [0.25, 0.3) is 0 Å². The maximum Gasteiger partial charge on any atom is 0.356 e. The van der Waals surface area contributed by atoms with E-state index in [1.807, 2.05) is 6.26 Å².